The van der Waals surface area contributed by atoms with Crippen LogP contribution in [0.3, 0.4) is 0 Å². The van der Waals surface area contributed by atoms with E-state index in [0.29, 0.717) is 11.4 Å². The lowest BCUT2D eigenvalue weighted by atomic mass is 10.1. The number of hydrogen-bond donors (Lipinski definition) is 2. The van der Waals surface area contributed by atoms with E-state index in [1.807, 2.05) is 13.0 Å². The number of hydrogen-bond acceptors (Lipinski definition) is 4. The molecule has 98 valence electrons. The van der Waals surface area contributed by atoms with Gasteiger partial charge in [-0.1, -0.05) is 12.1 Å². The fourth-order valence-corrected chi connectivity index (χ4v) is 1.65. The molecule has 2 aromatic rings. The summed E-state index contributed by atoms with van der Waals surface area (Å²) in [5.41, 5.74) is 2.13. The van der Waals surface area contributed by atoms with Gasteiger partial charge < -0.3 is 9.84 Å². The minimum Gasteiger partial charge on any atom is -0.504 e. The molecule has 5 nitrogen and oxygen atoms in total. The molecule has 0 aliphatic rings. The fourth-order valence-electron chi connectivity index (χ4n) is 1.65. The first-order valence-corrected chi connectivity index (χ1v) is 5.71. The van der Waals surface area contributed by atoms with Gasteiger partial charge in [0.15, 0.2) is 11.5 Å². The van der Waals surface area contributed by atoms with Crippen LogP contribution in [-0.4, -0.2) is 22.4 Å². The minimum absolute atomic E-state index is 0.0954. The number of nitrogens with zero attached hydrogens (tertiary/aromatic N) is 1. The molecule has 0 bridgehead atoms. The maximum Gasteiger partial charge on any atom is 0.264 e. The van der Waals surface area contributed by atoms with Crippen LogP contribution in [0.1, 0.15) is 16.8 Å². The molecule has 0 aliphatic heterocycles. The van der Waals surface area contributed by atoms with E-state index in [4.69, 9.17) is 4.74 Å². The standard InChI is InChI=1S/C14H14N2O3/c1-9-7-14(18)16-15-11(9)5-3-10-4-6-12(17)13(8-10)19-2/h3-8,17H,1-2H3,(H,16,18)/b5-3+. The first-order valence-electron chi connectivity index (χ1n) is 5.71. The normalized spacial score (nSPS) is 10.8. The number of ether oxygens (including phenoxy) is 1. The number of rotatable bonds is 3. The van der Waals surface area contributed by atoms with E-state index in [9.17, 15) is 9.90 Å². The summed E-state index contributed by atoms with van der Waals surface area (Å²) >= 11 is 0. The van der Waals surface area contributed by atoms with Crippen molar-refractivity contribution in [1.29, 1.82) is 0 Å². The Morgan fingerprint density at radius 3 is 2.79 bits per heavy atom. The highest BCUT2D eigenvalue weighted by Gasteiger charge is 2.01. The van der Waals surface area contributed by atoms with Gasteiger partial charge in [0, 0.05) is 6.07 Å². The summed E-state index contributed by atoms with van der Waals surface area (Å²) in [7, 11) is 1.50. The van der Waals surface area contributed by atoms with Gasteiger partial charge in [-0.25, -0.2) is 5.10 Å². The Morgan fingerprint density at radius 1 is 1.32 bits per heavy atom. The lowest BCUT2D eigenvalue weighted by Gasteiger charge is -2.03. The number of nitrogens with one attached hydrogen (secondary N) is 1. The number of benzene rings is 1. The quantitative estimate of drug-likeness (QED) is 0.882. The average molecular weight is 258 g/mol. The van der Waals surface area contributed by atoms with Crippen LogP contribution in [0.5, 0.6) is 11.5 Å². The molecule has 0 saturated heterocycles. The average Bonchev–Trinajstić information content (AvgIpc) is 2.39. The Labute approximate surface area is 110 Å². The molecule has 5 heteroatoms. The number of aromatic hydroxyl groups is 1. The van der Waals surface area contributed by atoms with Crippen LogP contribution in [0.2, 0.25) is 0 Å². The van der Waals surface area contributed by atoms with E-state index in [0.717, 1.165) is 11.1 Å². The highest BCUT2D eigenvalue weighted by atomic mass is 16.5. The van der Waals surface area contributed by atoms with Crippen molar-refractivity contribution in [3.8, 4) is 11.5 Å². The van der Waals surface area contributed by atoms with E-state index >= 15 is 0 Å². The predicted octanol–water partition coefficient (Wildman–Crippen LogP) is 1.96. The van der Waals surface area contributed by atoms with Gasteiger partial charge in [-0.05, 0) is 36.3 Å². The number of aryl methyl sites for hydroxylation is 1. The van der Waals surface area contributed by atoms with Gasteiger partial charge in [-0.2, -0.15) is 5.10 Å². The molecule has 19 heavy (non-hydrogen) atoms. The highest BCUT2D eigenvalue weighted by Crippen LogP contribution is 2.26. The van der Waals surface area contributed by atoms with Crippen LogP contribution >= 0.6 is 0 Å². The van der Waals surface area contributed by atoms with Crippen molar-refractivity contribution in [3.05, 3.63) is 51.4 Å². The van der Waals surface area contributed by atoms with E-state index in [1.54, 1.807) is 24.3 Å². The largest absolute Gasteiger partial charge is 0.504 e. The molecule has 0 amide bonds. The maximum absolute atomic E-state index is 11.1. The third-order valence-corrected chi connectivity index (χ3v) is 2.68. The zero-order chi connectivity index (χ0) is 13.8. The molecule has 2 N–H and O–H groups in total. The van der Waals surface area contributed by atoms with Crippen LogP contribution in [0.25, 0.3) is 12.2 Å². The molecule has 0 saturated carbocycles. The summed E-state index contributed by atoms with van der Waals surface area (Å²) in [6, 6.07) is 6.53. The first-order chi connectivity index (χ1) is 9.10. The van der Waals surface area contributed by atoms with Crippen molar-refractivity contribution in [2.75, 3.05) is 7.11 Å². The minimum atomic E-state index is -0.221. The van der Waals surface area contributed by atoms with Crippen LogP contribution in [0.15, 0.2) is 29.1 Å². The summed E-state index contributed by atoms with van der Waals surface area (Å²) in [5, 5.41) is 15.8. The Kier molecular flexibility index (Phi) is 3.66. The van der Waals surface area contributed by atoms with Gasteiger partial charge in [0.1, 0.15) is 0 Å². The second kappa shape index (κ2) is 5.39. The van der Waals surface area contributed by atoms with E-state index in [2.05, 4.69) is 10.2 Å². The number of methoxy groups -OCH3 is 1. The SMILES string of the molecule is COc1cc(/C=C/c2n[nH]c(=O)cc2C)ccc1O. The van der Waals surface area contributed by atoms with E-state index in [1.165, 1.54) is 13.2 Å². The van der Waals surface area contributed by atoms with Gasteiger partial charge in [-0.3, -0.25) is 4.79 Å². The third kappa shape index (κ3) is 3.01. The summed E-state index contributed by atoms with van der Waals surface area (Å²) in [5.74, 6) is 0.506. The topological polar surface area (TPSA) is 75.2 Å². The van der Waals surface area contributed by atoms with Crippen LogP contribution < -0.4 is 10.3 Å². The highest BCUT2D eigenvalue weighted by molar-refractivity contribution is 5.70. The molecule has 0 atom stereocenters. The van der Waals surface area contributed by atoms with Crippen LogP contribution in [0.4, 0.5) is 0 Å². The van der Waals surface area contributed by atoms with Gasteiger partial charge in [-0.15, -0.1) is 0 Å². The van der Waals surface area contributed by atoms with Crippen molar-refractivity contribution >= 4 is 12.2 Å². The molecule has 1 aromatic carbocycles. The van der Waals surface area contributed by atoms with Crippen LogP contribution in [0, 0.1) is 6.92 Å². The molecular weight excluding hydrogens is 244 g/mol. The molecule has 1 heterocycles. The number of phenolic OH excluding ortho intramolecular Hbond substituents is 1. The Hall–Kier alpha value is -2.56. The fraction of sp³-hybridized carbons (Fsp3) is 0.143. The van der Waals surface area contributed by atoms with Crippen molar-refractivity contribution in [3.63, 3.8) is 0 Å². The molecule has 0 fully saturated rings. The maximum atomic E-state index is 11.1. The van der Waals surface area contributed by atoms with Crippen molar-refractivity contribution in [2.45, 2.75) is 6.92 Å². The van der Waals surface area contributed by atoms with Gasteiger partial charge >= 0.3 is 0 Å². The zero-order valence-corrected chi connectivity index (χ0v) is 10.7. The predicted molar refractivity (Wildman–Crippen MR) is 73.2 cm³/mol. The lowest BCUT2D eigenvalue weighted by Crippen LogP contribution is -2.08. The smallest absolute Gasteiger partial charge is 0.264 e. The summed E-state index contributed by atoms with van der Waals surface area (Å²) < 4.78 is 5.03. The molecule has 2 rings (SSSR count). The number of phenols is 1. The Balaban J connectivity index is 2.29. The molecule has 0 aliphatic carbocycles. The van der Waals surface area contributed by atoms with E-state index < -0.39 is 0 Å². The number of H-pyrrole nitrogens is 1. The monoisotopic (exact) mass is 258 g/mol. The number of aromatic amines is 1. The third-order valence-electron chi connectivity index (χ3n) is 2.68. The van der Waals surface area contributed by atoms with E-state index in [-0.39, 0.29) is 11.3 Å². The Bertz CT molecular complexity index is 675. The van der Waals surface area contributed by atoms with Gasteiger partial charge in [0.25, 0.3) is 5.56 Å². The second-order valence-electron chi connectivity index (χ2n) is 4.07. The van der Waals surface area contributed by atoms with Gasteiger partial charge in [0.05, 0.1) is 12.8 Å². The summed E-state index contributed by atoms with van der Waals surface area (Å²) in [4.78, 5) is 11.1. The molecule has 0 unspecified atom stereocenters. The Morgan fingerprint density at radius 2 is 2.11 bits per heavy atom. The second-order valence-corrected chi connectivity index (χ2v) is 4.07. The van der Waals surface area contributed by atoms with Crippen LogP contribution in [-0.2, 0) is 0 Å². The van der Waals surface area contributed by atoms with Crippen molar-refractivity contribution in [1.82, 2.24) is 10.2 Å². The van der Waals surface area contributed by atoms with Crippen molar-refractivity contribution < 1.29 is 9.84 Å². The molecular formula is C14H14N2O3. The lowest BCUT2D eigenvalue weighted by molar-refractivity contribution is 0.373. The summed E-state index contributed by atoms with van der Waals surface area (Å²) in [6.07, 6.45) is 3.62. The first kappa shape index (κ1) is 12.9. The molecule has 0 spiro atoms. The van der Waals surface area contributed by atoms with Crippen molar-refractivity contribution in [2.24, 2.45) is 0 Å². The summed E-state index contributed by atoms with van der Waals surface area (Å²) in [6.45, 7) is 1.82. The molecule has 0 radical (unpaired) electrons. The van der Waals surface area contributed by atoms with Gasteiger partial charge in [0.2, 0.25) is 0 Å². The number of aromatic nitrogens is 2. The molecule has 1 aromatic heterocycles. The zero-order valence-electron chi connectivity index (χ0n) is 10.7.